The normalized spacial score (nSPS) is 11.2. The lowest BCUT2D eigenvalue weighted by atomic mass is 10.1. The zero-order valence-electron chi connectivity index (χ0n) is 19.6. The van der Waals surface area contributed by atoms with E-state index in [-0.39, 0.29) is 5.91 Å². The number of nitrogens with zero attached hydrogens (tertiary/aromatic N) is 3. The highest BCUT2D eigenvalue weighted by Crippen LogP contribution is 2.12. The van der Waals surface area contributed by atoms with E-state index in [1.807, 2.05) is 59.3 Å². The Morgan fingerprint density at radius 2 is 1.88 bits per heavy atom. The van der Waals surface area contributed by atoms with Crippen LogP contribution in [0.4, 0.5) is 0 Å². The number of hydrogen-bond acceptors (Lipinski definition) is 4. The van der Waals surface area contributed by atoms with E-state index < -0.39 is 0 Å². The van der Waals surface area contributed by atoms with Gasteiger partial charge in [0.05, 0.1) is 13.4 Å². The van der Waals surface area contributed by atoms with Crippen LogP contribution in [0, 0.1) is 0 Å². The molecule has 1 aromatic heterocycles. The van der Waals surface area contributed by atoms with Crippen LogP contribution in [-0.4, -0.2) is 54.1 Å². The number of hydrogen-bond donors (Lipinski definition) is 1. The van der Waals surface area contributed by atoms with Crippen LogP contribution in [0.5, 0.6) is 5.75 Å². The van der Waals surface area contributed by atoms with Crippen molar-refractivity contribution in [3.63, 3.8) is 0 Å². The molecule has 0 saturated carbocycles. The topological polar surface area (TPSA) is 59.4 Å². The fraction of sp³-hybridized carbons (Fsp3) is 0.333. The highest BCUT2D eigenvalue weighted by Gasteiger charge is 2.02. The number of nitrogens with one attached hydrogen (secondary N) is 1. The van der Waals surface area contributed by atoms with E-state index in [9.17, 15) is 4.79 Å². The average Bonchev–Trinajstić information content (AvgIpc) is 3.38. The standard InChI is InChI=1S/C27H34N4O2/c1-30(20-16-24-10-14-26(33-2)15-11-24)19-4-3-17-29-27(32)7-5-6-23-8-12-25(13-9-23)31-21-18-28-22-31/h5-6,8-15,18,21-22H,3-4,7,16-17,19-20H2,1-2H3,(H,29,32). The number of amides is 1. The number of unbranched alkanes of at least 4 members (excludes halogenated alkanes) is 1. The minimum Gasteiger partial charge on any atom is -0.497 e. The van der Waals surface area contributed by atoms with E-state index >= 15 is 0 Å². The first-order valence-corrected chi connectivity index (χ1v) is 11.5. The molecule has 0 aliphatic rings. The van der Waals surface area contributed by atoms with Crippen molar-refractivity contribution >= 4 is 12.0 Å². The number of ether oxygens (including phenoxy) is 1. The number of likely N-dealkylation sites (N-methyl/N-ethyl adjacent to an activating group) is 1. The van der Waals surface area contributed by atoms with Crippen LogP contribution in [0.25, 0.3) is 11.8 Å². The first-order valence-electron chi connectivity index (χ1n) is 11.5. The summed E-state index contributed by atoms with van der Waals surface area (Å²) in [5.74, 6) is 0.957. The van der Waals surface area contributed by atoms with Crippen molar-refractivity contribution in [2.24, 2.45) is 0 Å². The van der Waals surface area contributed by atoms with E-state index in [2.05, 4.69) is 34.4 Å². The highest BCUT2D eigenvalue weighted by atomic mass is 16.5. The number of methoxy groups -OCH3 is 1. The second kappa shape index (κ2) is 13.2. The van der Waals surface area contributed by atoms with Crippen LogP contribution in [-0.2, 0) is 11.2 Å². The third kappa shape index (κ3) is 8.58. The van der Waals surface area contributed by atoms with Crippen molar-refractivity contribution in [2.45, 2.75) is 25.7 Å². The predicted molar refractivity (Wildman–Crippen MR) is 134 cm³/mol. The molecule has 6 nitrogen and oxygen atoms in total. The van der Waals surface area contributed by atoms with Crippen LogP contribution in [0.3, 0.4) is 0 Å². The van der Waals surface area contributed by atoms with Gasteiger partial charge in [-0.15, -0.1) is 0 Å². The van der Waals surface area contributed by atoms with Gasteiger partial charge in [0.25, 0.3) is 0 Å². The van der Waals surface area contributed by atoms with Gasteiger partial charge in [0, 0.05) is 37.6 Å². The summed E-state index contributed by atoms with van der Waals surface area (Å²) in [6.45, 7) is 2.77. The number of carbonyl (C=O) groups is 1. The molecule has 0 bridgehead atoms. The van der Waals surface area contributed by atoms with Crippen LogP contribution >= 0.6 is 0 Å². The van der Waals surface area contributed by atoms with Gasteiger partial charge < -0.3 is 19.5 Å². The molecule has 0 aliphatic heterocycles. The molecule has 0 spiro atoms. The predicted octanol–water partition coefficient (Wildman–Crippen LogP) is 4.36. The van der Waals surface area contributed by atoms with E-state index in [1.165, 1.54) is 5.56 Å². The molecular formula is C27H34N4O2. The van der Waals surface area contributed by atoms with Crippen molar-refractivity contribution in [3.05, 3.63) is 84.5 Å². The number of imidazole rings is 1. The van der Waals surface area contributed by atoms with E-state index in [0.717, 1.165) is 55.9 Å². The average molecular weight is 447 g/mol. The van der Waals surface area contributed by atoms with Crippen molar-refractivity contribution in [1.29, 1.82) is 0 Å². The second-order valence-electron chi connectivity index (χ2n) is 8.13. The molecule has 0 radical (unpaired) electrons. The van der Waals surface area contributed by atoms with Gasteiger partial charge in [-0.25, -0.2) is 4.98 Å². The third-order valence-corrected chi connectivity index (χ3v) is 5.54. The molecule has 0 fully saturated rings. The Bertz CT molecular complexity index is 980. The molecule has 3 aromatic rings. The van der Waals surface area contributed by atoms with E-state index in [4.69, 9.17) is 4.74 Å². The first-order chi connectivity index (χ1) is 16.1. The Labute approximate surface area is 196 Å². The fourth-order valence-electron chi connectivity index (χ4n) is 3.50. The van der Waals surface area contributed by atoms with Gasteiger partial charge in [-0.3, -0.25) is 4.79 Å². The summed E-state index contributed by atoms with van der Waals surface area (Å²) in [6.07, 6.45) is 12.8. The van der Waals surface area contributed by atoms with Crippen molar-refractivity contribution in [3.8, 4) is 11.4 Å². The SMILES string of the molecule is COc1ccc(CCN(C)CCCCNC(=O)CC=Cc2ccc(-n3ccnc3)cc2)cc1. The molecule has 1 amide bonds. The molecule has 0 unspecified atom stereocenters. The number of carbonyl (C=O) groups excluding carboxylic acids is 1. The molecular weight excluding hydrogens is 412 g/mol. The van der Waals surface area contributed by atoms with Crippen molar-refractivity contribution in [1.82, 2.24) is 19.8 Å². The number of benzene rings is 2. The minimum atomic E-state index is 0.0640. The lowest BCUT2D eigenvalue weighted by molar-refractivity contribution is -0.120. The summed E-state index contributed by atoms with van der Waals surface area (Å²) in [5, 5.41) is 3.01. The zero-order chi connectivity index (χ0) is 23.3. The molecule has 0 atom stereocenters. The van der Waals surface area contributed by atoms with Gasteiger partial charge in [0.1, 0.15) is 5.75 Å². The van der Waals surface area contributed by atoms with Gasteiger partial charge in [-0.1, -0.05) is 36.4 Å². The molecule has 3 rings (SSSR count). The Kier molecular flexibility index (Phi) is 9.73. The summed E-state index contributed by atoms with van der Waals surface area (Å²) >= 11 is 0. The molecule has 174 valence electrons. The Morgan fingerprint density at radius 1 is 1.09 bits per heavy atom. The fourth-order valence-corrected chi connectivity index (χ4v) is 3.50. The lowest BCUT2D eigenvalue weighted by Crippen LogP contribution is -2.26. The van der Waals surface area contributed by atoms with Gasteiger partial charge in [0.2, 0.25) is 5.91 Å². The monoisotopic (exact) mass is 446 g/mol. The Balaban J connectivity index is 1.24. The summed E-state index contributed by atoms with van der Waals surface area (Å²) in [5.41, 5.74) is 3.45. The van der Waals surface area contributed by atoms with E-state index in [1.54, 1.807) is 19.6 Å². The van der Waals surface area contributed by atoms with Gasteiger partial charge >= 0.3 is 0 Å². The zero-order valence-corrected chi connectivity index (χ0v) is 19.6. The summed E-state index contributed by atoms with van der Waals surface area (Å²) in [6, 6.07) is 16.4. The highest BCUT2D eigenvalue weighted by molar-refractivity contribution is 5.78. The summed E-state index contributed by atoms with van der Waals surface area (Å²) < 4.78 is 7.16. The maximum absolute atomic E-state index is 12.1. The second-order valence-corrected chi connectivity index (χ2v) is 8.13. The van der Waals surface area contributed by atoms with Gasteiger partial charge in [-0.05, 0) is 68.2 Å². The summed E-state index contributed by atoms with van der Waals surface area (Å²) in [4.78, 5) is 18.5. The smallest absolute Gasteiger partial charge is 0.223 e. The molecule has 0 saturated heterocycles. The molecule has 6 heteroatoms. The van der Waals surface area contributed by atoms with Gasteiger partial charge in [0.15, 0.2) is 0 Å². The molecule has 1 heterocycles. The Hall–Kier alpha value is -3.38. The summed E-state index contributed by atoms with van der Waals surface area (Å²) in [7, 11) is 3.83. The largest absolute Gasteiger partial charge is 0.497 e. The third-order valence-electron chi connectivity index (χ3n) is 5.54. The van der Waals surface area contributed by atoms with E-state index in [0.29, 0.717) is 6.42 Å². The van der Waals surface area contributed by atoms with Crippen LogP contribution in [0.2, 0.25) is 0 Å². The Morgan fingerprint density at radius 3 is 2.58 bits per heavy atom. The lowest BCUT2D eigenvalue weighted by Gasteiger charge is -2.16. The van der Waals surface area contributed by atoms with Crippen LogP contribution in [0.1, 0.15) is 30.4 Å². The molecule has 33 heavy (non-hydrogen) atoms. The van der Waals surface area contributed by atoms with Crippen LogP contribution < -0.4 is 10.1 Å². The minimum absolute atomic E-state index is 0.0640. The molecule has 2 aromatic carbocycles. The maximum Gasteiger partial charge on any atom is 0.223 e. The van der Waals surface area contributed by atoms with Gasteiger partial charge in [-0.2, -0.15) is 0 Å². The first kappa shape index (κ1) is 24.3. The molecule has 1 N–H and O–H groups in total. The van der Waals surface area contributed by atoms with Crippen molar-refractivity contribution in [2.75, 3.05) is 33.8 Å². The number of aromatic nitrogens is 2. The number of rotatable bonds is 13. The van der Waals surface area contributed by atoms with Crippen LogP contribution in [0.15, 0.2) is 73.3 Å². The van der Waals surface area contributed by atoms with Crippen molar-refractivity contribution < 1.29 is 9.53 Å². The molecule has 0 aliphatic carbocycles. The quantitative estimate of drug-likeness (QED) is 0.397. The maximum atomic E-state index is 12.1.